The molecule has 6 N–H and O–H groups in total. The molecule has 13 rings (SSSR count). The number of amides is 3. The number of anilines is 2. The summed E-state index contributed by atoms with van der Waals surface area (Å²) in [6, 6.07) is 62.2. The van der Waals surface area contributed by atoms with Gasteiger partial charge in [0.25, 0.3) is 11.8 Å². The summed E-state index contributed by atoms with van der Waals surface area (Å²) in [5.41, 5.74) is 22.1. The Bertz CT molecular complexity index is 4940. The Morgan fingerprint density at radius 3 is 1.38 bits per heavy atom. The number of nitrogens with zero attached hydrogens (tertiary/aromatic N) is 2. The summed E-state index contributed by atoms with van der Waals surface area (Å²) in [5, 5.41) is 27.7. The van der Waals surface area contributed by atoms with Gasteiger partial charge in [0.05, 0.1) is 0 Å². The molecule has 3 amide bonds. The first-order valence-electron chi connectivity index (χ1n) is 32.5. The number of primary amides is 1. The molecule has 8 aromatic rings. The van der Waals surface area contributed by atoms with Crippen LogP contribution >= 0.6 is 0 Å². The molecule has 2 aliphatic heterocycles. The number of hydrogen-bond acceptors (Lipinski definition) is 15. The van der Waals surface area contributed by atoms with E-state index in [-0.39, 0.29) is 40.1 Å². The summed E-state index contributed by atoms with van der Waals surface area (Å²) < 4.78 is 27.5. The number of nitrogens with one attached hydrogen (secondary N) is 2. The fraction of sp³-hybridized carbons (Fsp3) is 0.185. The van der Waals surface area contributed by atoms with Gasteiger partial charge < -0.3 is 59.4 Å². The van der Waals surface area contributed by atoms with Crippen molar-refractivity contribution in [2.75, 3.05) is 69.9 Å². The van der Waals surface area contributed by atoms with Crippen molar-refractivity contribution < 1.29 is 52.4 Å². The predicted molar refractivity (Wildman–Crippen MR) is 387 cm³/mol. The average molecular weight is 1330 g/mol. The van der Waals surface area contributed by atoms with E-state index in [4.69, 9.17) is 28.8 Å². The summed E-state index contributed by atoms with van der Waals surface area (Å²) in [7, 11) is 3.22. The number of fused-ring (bicyclic) bond motifs is 7. The van der Waals surface area contributed by atoms with Gasteiger partial charge in [-0.3, -0.25) is 24.0 Å². The molecule has 0 fully saturated rings. The molecule has 5 aliphatic rings. The van der Waals surface area contributed by atoms with E-state index in [0.717, 1.165) is 91.6 Å². The number of ether oxygens (including phenoxy) is 3. The summed E-state index contributed by atoms with van der Waals surface area (Å²) >= 11 is 0. The van der Waals surface area contributed by atoms with E-state index in [1.165, 1.54) is 58.7 Å². The Kier molecular flexibility index (Phi) is 21.4. The maximum Gasteiger partial charge on any atom is 0.404 e. The number of methoxy groups -OCH3 is 2. The van der Waals surface area contributed by atoms with Crippen molar-refractivity contribution in [1.29, 1.82) is 0 Å². The molecular weight excluding hydrogens is 1250 g/mol. The van der Waals surface area contributed by atoms with Crippen molar-refractivity contribution in [3.05, 3.63) is 271 Å². The van der Waals surface area contributed by atoms with Gasteiger partial charge in [-0.15, -0.1) is 0 Å². The number of aromatic hydroxyl groups is 2. The lowest BCUT2D eigenvalue weighted by atomic mass is 9.90. The van der Waals surface area contributed by atoms with E-state index in [1.807, 2.05) is 106 Å². The van der Waals surface area contributed by atoms with E-state index in [0.29, 0.717) is 72.2 Å². The second kappa shape index (κ2) is 30.9. The van der Waals surface area contributed by atoms with Gasteiger partial charge in [0.2, 0.25) is 0 Å². The van der Waals surface area contributed by atoms with E-state index < -0.39 is 12.4 Å². The van der Waals surface area contributed by atoms with Crippen LogP contribution in [0.1, 0.15) is 84.9 Å². The third-order valence-electron chi connectivity index (χ3n) is 17.7. The summed E-state index contributed by atoms with van der Waals surface area (Å²) in [4.78, 5) is 76.2. The van der Waals surface area contributed by atoms with Crippen molar-refractivity contribution >= 4 is 57.5 Å². The molecule has 18 heteroatoms. The van der Waals surface area contributed by atoms with E-state index in [2.05, 4.69) is 51.6 Å². The summed E-state index contributed by atoms with van der Waals surface area (Å²) in [6.45, 7) is 12.1. The number of likely N-dealkylation sites (N-methyl/N-ethyl adjacent to an activating group) is 2. The van der Waals surface area contributed by atoms with Crippen molar-refractivity contribution in [2.24, 2.45) is 5.73 Å². The zero-order valence-corrected chi connectivity index (χ0v) is 55.7. The largest absolute Gasteiger partial charge is 0.508 e. The van der Waals surface area contributed by atoms with Gasteiger partial charge in [-0.25, -0.2) is 4.79 Å². The Morgan fingerprint density at radius 2 is 0.970 bits per heavy atom. The standard InChI is InChI=1S/C34H34N2O6.C32H28N2O5.C15H13NO2/c1-5-36(24-9-6-22(7-10-24)34(40-3)41-4)17-16-35-33(39)23-8-13-27(21(2)18-23)32-28-14-11-25(37)19-30(28)42-31-20-26(38)12-15-29(31)32;1-3-34(23-7-4-21(19-35)5-8-23)15-14-33-32(38)22-6-11-26(20(2)16-22)31-27-12-9-24(36)17-29(27)39-30-18-25(37)10-13-28(30)31;16-15(17)18-9-14-12-7-3-1-5-10(12)11-6-2-4-8-13(11)14/h6-15,18-20,34,37H,5,16-17H2,1-4H3,(H,35,39);4-13,16-19,36H,3,14-15H2,1-2H3,(H,33,38);1-8,14H,9H2,(H2,16,17). The smallest absolute Gasteiger partial charge is 0.404 e. The van der Waals surface area contributed by atoms with Crippen molar-refractivity contribution in [3.8, 4) is 67.5 Å². The topological polar surface area (TPSA) is 253 Å². The van der Waals surface area contributed by atoms with Crippen LogP contribution in [0.3, 0.4) is 0 Å². The first-order valence-corrected chi connectivity index (χ1v) is 32.5. The number of aldehydes is 1. The van der Waals surface area contributed by atoms with Crippen LogP contribution in [0.25, 0.3) is 78.0 Å². The van der Waals surface area contributed by atoms with Crippen molar-refractivity contribution in [3.63, 3.8) is 0 Å². The number of aryl methyl sites for hydroxylation is 2. The molecule has 0 unspecified atom stereocenters. The van der Waals surface area contributed by atoms with E-state index in [9.17, 15) is 39.0 Å². The van der Waals surface area contributed by atoms with Gasteiger partial charge in [0, 0.05) is 150 Å². The number of hydrogen-bond donors (Lipinski definition) is 5. The molecule has 18 nitrogen and oxygen atoms in total. The molecule has 0 atom stereocenters. The monoisotopic (exact) mass is 1330 g/mol. The molecule has 0 spiro atoms. The number of phenols is 2. The fourth-order valence-corrected chi connectivity index (χ4v) is 12.8. The third-order valence-corrected chi connectivity index (χ3v) is 17.7. The highest BCUT2D eigenvalue weighted by Crippen LogP contribution is 2.46. The third kappa shape index (κ3) is 15.4. The lowest BCUT2D eigenvalue weighted by molar-refractivity contribution is -0.106. The molecule has 2 heterocycles. The highest BCUT2D eigenvalue weighted by Gasteiger charge is 2.29. The molecule has 0 bridgehead atoms. The van der Waals surface area contributed by atoms with Gasteiger partial charge in [-0.2, -0.15) is 0 Å². The molecule has 0 saturated heterocycles. The second-order valence-electron chi connectivity index (χ2n) is 23.8. The lowest BCUT2D eigenvalue weighted by Crippen LogP contribution is -2.35. The fourth-order valence-electron chi connectivity index (χ4n) is 12.8. The van der Waals surface area contributed by atoms with Crippen LogP contribution in [-0.4, -0.2) is 94.5 Å². The van der Waals surface area contributed by atoms with Gasteiger partial charge in [-0.05, 0) is 181 Å². The summed E-state index contributed by atoms with van der Waals surface area (Å²) in [5.74, 6) is 0.766. The Balaban J connectivity index is 0.000000161. The van der Waals surface area contributed by atoms with Gasteiger partial charge in [0.1, 0.15) is 47.1 Å². The number of phenolic OH excluding ortho intramolecular Hbond substituents is 2. The molecule has 99 heavy (non-hydrogen) atoms. The number of rotatable bonds is 20. The SMILES string of the molecule is CCN(CCNC(=O)c1ccc(-c2c3ccc(=O)cc-3oc3cc(O)ccc23)c(C)c1)c1ccc(C(OC)OC)cc1.CCN(CCNC(=O)c1ccc(-c2c3ccc(=O)cc-3oc3cc(O)ccc23)c(C)c1)c1ccc(C=O)cc1.NC(=O)OCC1c2ccccc2-c2ccccc21. The van der Waals surface area contributed by atoms with Crippen LogP contribution < -0.4 is 37.0 Å². The highest BCUT2D eigenvalue weighted by atomic mass is 16.7. The molecular formula is C81H75N5O13. The Labute approximate surface area is 572 Å². The van der Waals surface area contributed by atoms with Gasteiger partial charge in [0.15, 0.2) is 17.1 Å². The van der Waals surface area contributed by atoms with Crippen LogP contribution in [0, 0.1) is 13.8 Å². The lowest BCUT2D eigenvalue weighted by Gasteiger charge is -2.24. The van der Waals surface area contributed by atoms with E-state index >= 15 is 0 Å². The van der Waals surface area contributed by atoms with Crippen LogP contribution in [0.4, 0.5) is 16.2 Å². The van der Waals surface area contributed by atoms with Gasteiger partial charge >= 0.3 is 6.09 Å². The van der Waals surface area contributed by atoms with Crippen LogP contribution in [0.15, 0.2) is 225 Å². The Hall–Kier alpha value is -11.9. The molecule has 0 aromatic heterocycles. The predicted octanol–water partition coefficient (Wildman–Crippen LogP) is 14.7. The molecule has 502 valence electrons. The zero-order valence-electron chi connectivity index (χ0n) is 55.7. The summed E-state index contributed by atoms with van der Waals surface area (Å²) in [6.07, 6.45) is -0.313. The number of nitrogens with two attached hydrogens (primary N) is 1. The first kappa shape index (κ1) is 68.5. The van der Waals surface area contributed by atoms with Crippen molar-refractivity contribution in [2.45, 2.75) is 39.9 Å². The number of carbonyl (C=O) groups excluding carboxylic acids is 4. The quantitative estimate of drug-likeness (QED) is 0.0270. The van der Waals surface area contributed by atoms with Crippen LogP contribution in [0.5, 0.6) is 11.5 Å². The molecule has 0 radical (unpaired) electrons. The second-order valence-corrected chi connectivity index (χ2v) is 23.8. The van der Waals surface area contributed by atoms with Crippen molar-refractivity contribution in [1.82, 2.24) is 10.6 Å². The zero-order chi connectivity index (χ0) is 69.9. The normalized spacial score (nSPS) is 11.5. The number of benzene rings is 10. The minimum absolute atomic E-state index is 0.0678. The van der Waals surface area contributed by atoms with E-state index in [1.54, 1.807) is 74.9 Å². The highest BCUT2D eigenvalue weighted by molar-refractivity contribution is 6.05. The molecule has 3 aliphatic carbocycles. The van der Waals surface area contributed by atoms with Crippen LogP contribution in [-0.2, 0) is 14.2 Å². The number of carbonyl (C=O) groups is 4. The molecule has 8 aromatic carbocycles. The maximum absolute atomic E-state index is 13.1. The van der Waals surface area contributed by atoms with Gasteiger partial charge in [-0.1, -0.05) is 72.8 Å². The Morgan fingerprint density at radius 1 is 0.535 bits per heavy atom. The first-order chi connectivity index (χ1) is 48.0. The minimum Gasteiger partial charge on any atom is -0.508 e. The molecule has 0 saturated carbocycles. The minimum atomic E-state index is -0.725. The average Bonchev–Trinajstić information content (AvgIpc) is 1.40. The maximum atomic E-state index is 13.1. The van der Waals surface area contributed by atoms with Crippen LogP contribution in [0.2, 0.25) is 0 Å².